The van der Waals surface area contributed by atoms with Gasteiger partial charge in [-0.25, -0.2) is 0 Å². The second kappa shape index (κ2) is 11.6. The molecule has 3 rings (SSSR count). The van der Waals surface area contributed by atoms with Gasteiger partial charge < -0.3 is 16.0 Å². The molecule has 182 valence electrons. The second-order valence-electron chi connectivity index (χ2n) is 8.12. The zero-order chi connectivity index (χ0) is 24.6. The van der Waals surface area contributed by atoms with Crippen LogP contribution in [0.1, 0.15) is 41.6 Å². The molecule has 10 heteroatoms. The number of nitrogens with one attached hydrogen (secondary N) is 3. The van der Waals surface area contributed by atoms with E-state index in [0.717, 1.165) is 50.2 Å². The standard InChI is InChI=1S/C24H27F3N4O3/c25-24(26,27)18-7-5-17(6-8-18)23(34)28-15-21(32)29-19-9-11-20(12-10-19)30-22(33)16-31-13-3-1-2-4-14-31/h5-12H,1-4,13-16H2,(H,28,34)(H,29,32)(H,30,33). The number of nitrogens with zero attached hydrogens (tertiary/aromatic N) is 1. The molecule has 0 saturated carbocycles. The molecule has 2 aromatic rings. The molecule has 0 aliphatic carbocycles. The average Bonchev–Trinajstić information content (AvgIpc) is 3.07. The fraction of sp³-hybridized carbons (Fsp3) is 0.375. The van der Waals surface area contributed by atoms with Crippen LogP contribution in [0.5, 0.6) is 0 Å². The first kappa shape index (κ1) is 25.2. The van der Waals surface area contributed by atoms with Gasteiger partial charge in [0.15, 0.2) is 0 Å². The third-order valence-corrected chi connectivity index (χ3v) is 5.40. The summed E-state index contributed by atoms with van der Waals surface area (Å²) >= 11 is 0. The minimum atomic E-state index is -4.49. The van der Waals surface area contributed by atoms with Crippen LogP contribution in [0.4, 0.5) is 24.5 Å². The summed E-state index contributed by atoms with van der Waals surface area (Å²) in [5.41, 5.74) is 0.233. The molecule has 1 aliphatic rings. The maximum atomic E-state index is 12.6. The number of likely N-dealkylation sites (tertiary alicyclic amines) is 1. The van der Waals surface area contributed by atoms with E-state index < -0.39 is 23.6 Å². The van der Waals surface area contributed by atoms with Crippen molar-refractivity contribution < 1.29 is 27.6 Å². The number of halogens is 3. The van der Waals surface area contributed by atoms with Crippen molar-refractivity contribution in [2.24, 2.45) is 0 Å². The van der Waals surface area contributed by atoms with Crippen molar-refractivity contribution >= 4 is 29.1 Å². The maximum Gasteiger partial charge on any atom is 0.416 e. The lowest BCUT2D eigenvalue weighted by molar-refractivity contribution is -0.137. The van der Waals surface area contributed by atoms with E-state index >= 15 is 0 Å². The highest BCUT2D eigenvalue weighted by Crippen LogP contribution is 2.29. The van der Waals surface area contributed by atoms with Gasteiger partial charge in [-0.05, 0) is 74.5 Å². The molecule has 0 atom stereocenters. The lowest BCUT2D eigenvalue weighted by Gasteiger charge is -2.19. The topological polar surface area (TPSA) is 90.5 Å². The fourth-order valence-corrected chi connectivity index (χ4v) is 3.61. The van der Waals surface area contributed by atoms with Gasteiger partial charge >= 0.3 is 6.18 Å². The van der Waals surface area contributed by atoms with Gasteiger partial charge in [0.1, 0.15) is 0 Å². The number of carbonyl (C=O) groups excluding carboxylic acids is 3. The molecule has 2 aromatic carbocycles. The Hall–Kier alpha value is -3.40. The second-order valence-corrected chi connectivity index (χ2v) is 8.12. The smallest absolute Gasteiger partial charge is 0.343 e. The number of hydrogen-bond acceptors (Lipinski definition) is 4. The summed E-state index contributed by atoms with van der Waals surface area (Å²) in [5.74, 6) is -1.26. The highest BCUT2D eigenvalue weighted by Gasteiger charge is 2.30. The SMILES string of the molecule is O=C(CNC(=O)c1ccc(C(F)(F)F)cc1)Nc1ccc(NC(=O)CN2CCCCCC2)cc1. The van der Waals surface area contributed by atoms with Gasteiger partial charge in [-0.1, -0.05) is 12.8 Å². The fourth-order valence-electron chi connectivity index (χ4n) is 3.61. The van der Waals surface area contributed by atoms with Crippen LogP contribution in [0.2, 0.25) is 0 Å². The van der Waals surface area contributed by atoms with Crippen LogP contribution in [0.25, 0.3) is 0 Å². The van der Waals surface area contributed by atoms with Crippen molar-refractivity contribution in [3.8, 4) is 0 Å². The molecular weight excluding hydrogens is 449 g/mol. The Morgan fingerprint density at radius 1 is 0.765 bits per heavy atom. The van der Waals surface area contributed by atoms with E-state index in [-0.39, 0.29) is 18.0 Å². The third kappa shape index (κ3) is 7.87. The highest BCUT2D eigenvalue weighted by molar-refractivity contribution is 5.99. The summed E-state index contributed by atoms with van der Waals surface area (Å²) in [6.07, 6.45) is 0.118. The molecule has 0 radical (unpaired) electrons. The first-order valence-electron chi connectivity index (χ1n) is 11.1. The van der Waals surface area contributed by atoms with Gasteiger partial charge in [-0.2, -0.15) is 13.2 Å². The number of amides is 3. The molecule has 0 spiro atoms. The summed E-state index contributed by atoms with van der Waals surface area (Å²) in [5, 5.41) is 7.81. The predicted octanol–water partition coefficient (Wildman–Crippen LogP) is 3.89. The van der Waals surface area contributed by atoms with Gasteiger partial charge in [-0.15, -0.1) is 0 Å². The van der Waals surface area contributed by atoms with E-state index in [1.54, 1.807) is 24.3 Å². The minimum absolute atomic E-state index is 0.0149. The molecule has 3 amide bonds. The van der Waals surface area contributed by atoms with E-state index in [9.17, 15) is 27.6 Å². The van der Waals surface area contributed by atoms with Gasteiger partial charge in [0, 0.05) is 16.9 Å². The predicted molar refractivity (Wildman–Crippen MR) is 122 cm³/mol. The summed E-state index contributed by atoms with van der Waals surface area (Å²) in [7, 11) is 0. The maximum absolute atomic E-state index is 12.6. The van der Waals surface area contributed by atoms with Gasteiger partial charge in [0.05, 0.1) is 18.7 Å². The number of benzene rings is 2. The Kier molecular flexibility index (Phi) is 8.64. The highest BCUT2D eigenvalue weighted by atomic mass is 19.4. The van der Waals surface area contributed by atoms with Crippen molar-refractivity contribution in [3.05, 3.63) is 59.7 Å². The number of carbonyl (C=O) groups is 3. The van der Waals surface area contributed by atoms with Crippen LogP contribution >= 0.6 is 0 Å². The number of alkyl halides is 3. The number of rotatable bonds is 7. The monoisotopic (exact) mass is 476 g/mol. The zero-order valence-electron chi connectivity index (χ0n) is 18.6. The Bertz CT molecular complexity index is 984. The lowest BCUT2D eigenvalue weighted by atomic mass is 10.1. The molecule has 0 bridgehead atoms. The molecule has 7 nitrogen and oxygen atoms in total. The first-order valence-corrected chi connectivity index (χ1v) is 11.1. The summed E-state index contributed by atoms with van der Waals surface area (Å²) < 4.78 is 37.8. The summed E-state index contributed by atoms with van der Waals surface area (Å²) in [4.78, 5) is 38.6. The molecule has 34 heavy (non-hydrogen) atoms. The molecule has 1 heterocycles. The molecule has 1 aliphatic heterocycles. The van der Waals surface area contributed by atoms with Gasteiger partial charge in [0.2, 0.25) is 11.8 Å². The zero-order valence-corrected chi connectivity index (χ0v) is 18.6. The molecule has 3 N–H and O–H groups in total. The Morgan fingerprint density at radius 2 is 1.29 bits per heavy atom. The molecule has 1 saturated heterocycles. The van der Waals surface area contributed by atoms with Gasteiger partial charge in [0.25, 0.3) is 5.91 Å². The van der Waals surface area contributed by atoms with E-state index in [2.05, 4.69) is 20.9 Å². The van der Waals surface area contributed by atoms with Gasteiger partial charge in [-0.3, -0.25) is 19.3 Å². The molecule has 0 unspecified atom stereocenters. The van der Waals surface area contributed by atoms with Crippen molar-refractivity contribution in [2.45, 2.75) is 31.9 Å². The first-order chi connectivity index (χ1) is 16.2. The summed E-state index contributed by atoms with van der Waals surface area (Å²) in [6, 6.07) is 10.3. The van der Waals surface area contributed by atoms with Crippen LogP contribution in [0.3, 0.4) is 0 Å². The Balaban J connectivity index is 1.42. The van der Waals surface area contributed by atoms with Crippen molar-refractivity contribution in [1.82, 2.24) is 10.2 Å². The number of anilines is 2. The van der Waals surface area contributed by atoms with E-state index in [1.807, 2.05) is 0 Å². The van der Waals surface area contributed by atoms with Crippen LogP contribution in [0, 0.1) is 0 Å². The van der Waals surface area contributed by atoms with Crippen LogP contribution < -0.4 is 16.0 Å². The van der Waals surface area contributed by atoms with Crippen molar-refractivity contribution in [2.75, 3.05) is 36.8 Å². The lowest BCUT2D eigenvalue weighted by Crippen LogP contribution is -2.34. The van der Waals surface area contributed by atoms with Crippen LogP contribution in [-0.4, -0.2) is 48.8 Å². The number of hydrogen-bond donors (Lipinski definition) is 3. The quantitative estimate of drug-likeness (QED) is 0.566. The summed E-state index contributed by atoms with van der Waals surface area (Å²) in [6.45, 7) is 1.84. The largest absolute Gasteiger partial charge is 0.416 e. The van der Waals surface area contributed by atoms with E-state index in [0.29, 0.717) is 17.9 Å². The Morgan fingerprint density at radius 3 is 1.82 bits per heavy atom. The molecule has 0 aromatic heterocycles. The Labute approximate surface area is 195 Å². The normalized spacial score (nSPS) is 14.7. The third-order valence-electron chi connectivity index (χ3n) is 5.40. The minimum Gasteiger partial charge on any atom is -0.343 e. The molecule has 1 fully saturated rings. The van der Waals surface area contributed by atoms with Crippen molar-refractivity contribution in [3.63, 3.8) is 0 Å². The van der Waals surface area contributed by atoms with Crippen LogP contribution in [-0.2, 0) is 15.8 Å². The average molecular weight is 476 g/mol. The van der Waals surface area contributed by atoms with Crippen LogP contribution in [0.15, 0.2) is 48.5 Å². The van der Waals surface area contributed by atoms with E-state index in [1.165, 1.54) is 12.8 Å². The van der Waals surface area contributed by atoms with E-state index in [4.69, 9.17) is 0 Å². The molecular formula is C24H27F3N4O3. The van der Waals surface area contributed by atoms with Crippen molar-refractivity contribution in [1.29, 1.82) is 0 Å².